The van der Waals surface area contributed by atoms with E-state index in [-0.39, 0.29) is 5.75 Å². The summed E-state index contributed by atoms with van der Waals surface area (Å²) in [6.07, 6.45) is -2.44. The molecular formula is C23H21F3INO2. The monoisotopic (exact) mass is 527 g/mol. The van der Waals surface area contributed by atoms with Crippen molar-refractivity contribution in [1.29, 1.82) is 0 Å². The van der Waals surface area contributed by atoms with Gasteiger partial charge in [-0.25, -0.2) is 0 Å². The van der Waals surface area contributed by atoms with Gasteiger partial charge in [-0.05, 0) is 59.5 Å². The van der Waals surface area contributed by atoms with Gasteiger partial charge >= 0.3 is 6.36 Å². The molecule has 0 heterocycles. The summed E-state index contributed by atoms with van der Waals surface area (Å²) in [5.74, 6) is 0.474. The second-order valence-electron chi connectivity index (χ2n) is 6.75. The fourth-order valence-corrected chi connectivity index (χ4v) is 4.00. The summed E-state index contributed by atoms with van der Waals surface area (Å²) in [6, 6.07) is 19.0. The van der Waals surface area contributed by atoms with Crippen molar-refractivity contribution in [2.75, 3.05) is 5.73 Å². The summed E-state index contributed by atoms with van der Waals surface area (Å²) < 4.78 is 46.8. The number of ether oxygens (including phenoxy) is 2. The molecule has 30 heavy (non-hydrogen) atoms. The first-order valence-corrected chi connectivity index (χ1v) is 10.7. The molecule has 3 nitrogen and oxygen atoms in total. The minimum absolute atomic E-state index is 0.311. The number of hydrogen-bond acceptors (Lipinski definition) is 3. The van der Waals surface area contributed by atoms with Gasteiger partial charge in [-0.3, -0.25) is 0 Å². The summed E-state index contributed by atoms with van der Waals surface area (Å²) in [7, 11) is 0. The maximum absolute atomic E-state index is 12.2. The average molecular weight is 527 g/mol. The highest BCUT2D eigenvalue weighted by molar-refractivity contribution is 14.1. The second kappa shape index (κ2) is 9.59. The zero-order chi connectivity index (χ0) is 21.7. The Morgan fingerprint density at radius 2 is 1.50 bits per heavy atom. The second-order valence-corrected chi connectivity index (χ2v) is 8.26. The third-order valence-corrected chi connectivity index (χ3v) is 5.78. The lowest BCUT2D eigenvalue weighted by atomic mass is 10.0. The standard InChI is InChI=1S/C23H21F3INO2/c1-2-3-20(27)16-6-4-15(5-7-16)17-8-13-22(21(28)14-17)29-18-9-11-19(12-10-18)30-23(24,25)26/h4-14,20H,2-3,28H2,1H3. The van der Waals surface area contributed by atoms with Crippen LogP contribution in [0.4, 0.5) is 18.9 Å². The van der Waals surface area contributed by atoms with Crippen LogP contribution in [0.2, 0.25) is 0 Å². The van der Waals surface area contributed by atoms with Crippen LogP contribution in [0, 0.1) is 0 Å². The Bertz CT molecular complexity index is 973. The number of halogens is 4. The van der Waals surface area contributed by atoms with Gasteiger partial charge in [0, 0.05) is 3.92 Å². The smallest absolute Gasteiger partial charge is 0.455 e. The average Bonchev–Trinajstić information content (AvgIpc) is 2.70. The van der Waals surface area contributed by atoms with Crippen LogP contribution >= 0.6 is 22.6 Å². The molecular weight excluding hydrogens is 506 g/mol. The minimum Gasteiger partial charge on any atom is -0.455 e. The fraction of sp³-hybridized carbons (Fsp3) is 0.217. The van der Waals surface area contributed by atoms with Crippen LogP contribution in [0.5, 0.6) is 17.2 Å². The van der Waals surface area contributed by atoms with E-state index in [1.54, 1.807) is 6.07 Å². The molecule has 3 aromatic rings. The minimum atomic E-state index is -4.73. The SMILES string of the molecule is CCCC(I)c1ccc(-c2ccc(Oc3ccc(OC(F)(F)F)cc3)c(N)c2)cc1. The molecule has 7 heteroatoms. The Hall–Kier alpha value is -2.42. The number of benzene rings is 3. The van der Waals surface area contributed by atoms with E-state index in [4.69, 9.17) is 10.5 Å². The first-order chi connectivity index (χ1) is 14.2. The number of hydrogen-bond donors (Lipinski definition) is 1. The van der Waals surface area contributed by atoms with E-state index < -0.39 is 6.36 Å². The molecule has 1 unspecified atom stereocenters. The maximum atomic E-state index is 12.2. The molecule has 0 radical (unpaired) electrons. The molecule has 0 aliphatic carbocycles. The Morgan fingerprint density at radius 1 is 0.900 bits per heavy atom. The third-order valence-electron chi connectivity index (χ3n) is 4.44. The zero-order valence-electron chi connectivity index (χ0n) is 16.2. The van der Waals surface area contributed by atoms with Gasteiger partial charge in [-0.1, -0.05) is 66.3 Å². The molecule has 0 saturated heterocycles. The topological polar surface area (TPSA) is 44.5 Å². The number of rotatable bonds is 7. The predicted molar refractivity (Wildman–Crippen MR) is 121 cm³/mol. The van der Waals surface area contributed by atoms with Gasteiger partial charge in [-0.2, -0.15) is 0 Å². The van der Waals surface area contributed by atoms with Crippen molar-refractivity contribution in [3.05, 3.63) is 72.3 Å². The predicted octanol–water partition coefficient (Wildman–Crippen LogP) is 7.90. The molecule has 2 N–H and O–H groups in total. The molecule has 0 bridgehead atoms. The highest BCUT2D eigenvalue weighted by Gasteiger charge is 2.31. The highest BCUT2D eigenvalue weighted by atomic mass is 127. The van der Waals surface area contributed by atoms with Crippen molar-refractivity contribution in [1.82, 2.24) is 0 Å². The largest absolute Gasteiger partial charge is 0.573 e. The van der Waals surface area contributed by atoms with Crippen LogP contribution in [-0.2, 0) is 0 Å². The van der Waals surface area contributed by atoms with Crippen molar-refractivity contribution < 1.29 is 22.6 Å². The summed E-state index contributed by atoms with van der Waals surface area (Å²) in [5.41, 5.74) is 9.88. The number of nitrogen functional groups attached to an aromatic ring is 1. The van der Waals surface area contributed by atoms with Crippen LogP contribution < -0.4 is 15.2 Å². The van der Waals surface area contributed by atoms with Gasteiger partial charge < -0.3 is 15.2 Å². The Morgan fingerprint density at radius 3 is 2.07 bits per heavy atom. The van der Waals surface area contributed by atoms with Crippen molar-refractivity contribution in [3.63, 3.8) is 0 Å². The molecule has 0 aromatic heterocycles. The molecule has 3 rings (SSSR count). The van der Waals surface area contributed by atoms with Gasteiger partial charge in [0.2, 0.25) is 0 Å². The molecule has 3 aromatic carbocycles. The Kier molecular flexibility index (Phi) is 7.12. The maximum Gasteiger partial charge on any atom is 0.573 e. The van der Waals surface area contributed by atoms with E-state index in [2.05, 4.69) is 58.5 Å². The summed E-state index contributed by atoms with van der Waals surface area (Å²) in [6.45, 7) is 2.18. The first kappa shape index (κ1) is 22.3. The van der Waals surface area contributed by atoms with E-state index >= 15 is 0 Å². The van der Waals surface area contributed by atoms with Gasteiger partial charge in [0.25, 0.3) is 0 Å². The summed E-state index contributed by atoms with van der Waals surface area (Å²) in [5, 5.41) is 0. The quantitative estimate of drug-likeness (QED) is 0.193. The van der Waals surface area contributed by atoms with Crippen LogP contribution in [0.3, 0.4) is 0 Å². The zero-order valence-corrected chi connectivity index (χ0v) is 18.4. The van der Waals surface area contributed by atoms with Crippen molar-refractivity contribution in [2.24, 2.45) is 0 Å². The molecule has 1 atom stereocenters. The molecule has 158 valence electrons. The molecule has 0 aliphatic rings. The van der Waals surface area contributed by atoms with Crippen LogP contribution in [-0.4, -0.2) is 6.36 Å². The summed E-state index contributed by atoms with van der Waals surface area (Å²) >= 11 is 2.46. The van der Waals surface area contributed by atoms with E-state index in [0.29, 0.717) is 21.1 Å². The van der Waals surface area contributed by atoms with E-state index in [1.165, 1.54) is 29.8 Å². The highest BCUT2D eigenvalue weighted by Crippen LogP contribution is 2.34. The van der Waals surface area contributed by atoms with Crippen LogP contribution in [0.1, 0.15) is 29.3 Å². The van der Waals surface area contributed by atoms with Gasteiger partial charge in [-0.15, -0.1) is 13.2 Å². The molecule has 0 aliphatic heterocycles. The lowest BCUT2D eigenvalue weighted by Crippen LogP contribution is -2.16. The van der Waals surface area contributed by atoms with Gasteiger partial charge in [0.15, 0.2) is 0 Å². The van der Waals surface area contributed by atoms with Crippen LogP contribution in [0.25, 0.3) is 11.1 Å². The van der Waals surface area contributed by atoms with Gasteiger partial charge in [0.05, 0.1) is 5.69 Å². The lowest BCUT2D eigenvalue weighted by Gasteiger charge is -2.13. The molecule has 0 spiro atoms. The van der Waals surface area contributed by atoms with Gasteiger partial charge in [0.1, 0.15) is 17.2 Å². The van der Waals surface area contributed by atoms with Crippen LogP contribution in [0.15, 0.2) is 66.7 Å². The normalized spacial score (nSPS) is 12.4. The van der Waals surface area contributed by atoms with Crippen molar-refractivity contribution >= 4 is 28.3 Å². The Balaban J connectivity index is 1.71. The number of alkyl halides is 4. The lowest BCUT2D eigenvalue weighted by molar-refractivity contribution is -0.274. The van der Waals surface area contributed by atoms with Crippen molar-refractivity contribution in [2.45, 2.75) is 30.1 Å². The number of anilines is 1. The van der Waals surface area contributed by atoms with E-state index in [1.807, 2.05) is 12.1 Å². The first-order valence-electron chi connectivity index (χ1n) is 9.43. The van der Waals surface area contributed by atoms with E-state index in [9.17, 15) is 13.2 Å². The third kappa shape index (κ3) is 6.04. The molecule has 0 saturated carbocycles. The molecule has 0 amide bonds. The number of nitrogens with two attached hydrogens (primary N) is 1. The van der Waals surface area contributed by atoms with E-state index in [0.717, 1.165) is 24.0 Å². The summed E-state index contributed by atoms with van der Waals surface area (Å²) in [4.78, 5) is 0. The van der Waals surface area contributed by atoms with Crippen molar-refractivity contribution in [3.8, 4) is 28.4 Å². The Labute approximate surface area is 187 Å². The fourth-order valence-electron chi connectivity index (χ4n) is 2.96. The molecule has 0 fully saturated rings.